The van der Waals surface area contributed by atoms with E-state index in [1.54, 1.807) is 12.1 Å². The SMILES string of the molecule is O=C(CN(Cc1ccccc1F)C1CC1)N1CCN(C(=O)C2CC2)CC1. The number of carbonyl (C=O) groups excluding carboxylic acids is 2. The van der Waals surface area contributed by atoms with Gasteiger partial charge in [0.05, 0.1) is 6.54 Å². The molecule has 4 rings (SSSR count). The minimum Gasteiger partial charge on any atom is -0.339 e. The number of piperazine rings is 1. The molecule has 26 heavy (non-hydrogen) atoms. The number of nitrogens with zero attached hydrogens (tertiary/aromatic N) is 3. The van der Waals surface area contributed by atoms with Crippen LogP contribution in [-0.4, -0.2) is 65.3 Å². The van der Waals surface area contributed by atoms with Crippen LogP contribution in [0.25, 0.3) is 0 Å². The molecule has 0 bridgehead atoms. The third kappa shape index (κ3) is 4.06. The highest BCUT2D eigenvalue weighted by Gasteiger charge is 2.36. The zero-order valence-corrected chi connectivity index (χ0v) is 15.1. The lowest BCUT2D eigenvalue weighted by Gasteiger charge is -2.36. The summed E-state index contributed by atoms with van der Waals surface area (Å²) in [6, 6.07) is 7.17. The zero-order valence-electron chi connectivity index (χ0n) is 15.1. The Kier molecular flexibility index (Phi) is 4.94. The van der Waals surface area contributed by atoms with Gasteiger partial charge in [-0.1, -0.05) is 18.2 Å². The molecule has 0 spiro atoms. The van der Waals surface area contributed by atoms with Crippen LogP contribution in [0.4, 0.5) is 4.39 Å². The Bertz CT molecular complexity index is 679. The van der Waals surface area contributed by atoms with Crippen molar-refractivity contribution in [2.24, 2.45) is 5.92 Å². The van der Waals surface area contributed by atoms with Crippen LogP contribution in [-0.2, 0) is 16.1 Å². The lowest BCUT2D eigenvalue weighted by molar-refractivity contribution is -0.141. The minimum atomic E-state index is -0.210. The van der Waals surface area contributed by atoms with E-state index < -0.39 is 0 Å². The van der Waals surface area contributed by atoms with Gasteiger partial charge in [0.15, 0.2) is 0 Å². The first-order valence-corrected chi connectivity index (χ1v) is 9.66. The summed E-state index contributed by atoms with van der Waals surface area (Å²) in [4.78, 5) is 30.7. The van der Waals surface area contributed by atoms with Gasteiger partial charge in [0.2, 0.25) is 11.8 Å². The highest BCUT2D eigenvalue weighted by Crippen LogP contribution is 2.31. The summed E-state index contributed by atoms with van der Waals surface area (Å²) in [5.41, 5.74) is 0.645. The van der Waals surface area contributed by atoms with Crippen LogP contribution in [0.2, 0.25) is 0 Å². The Labute approximate surface area is 153 Å². The molecule has 2 aliphatic carbocycles. The summed E-state index contributed by atoms with van der Waals surface area (Å²) in [5, 5.41) is 0. The van der Waals surface area contributed by atoms with Gasteiger partial charge in [0, 0.05) is 50.2 Å². The van der Waals surface area contributed by atoms with Gasteiger partial charge in [0.1, 0.15) is 5.82 Å². The highest BCUT2D eigenvalue weighted by molar-refractivity contribution is 5.82. The van der Waals surface area contributed by atoms with Crippen molar-refractivity contribution in [1.82, 2.24) is 14.7 Å². The van der Waals surface area contributed by atoms with E-state index in [1.165, 1.54) is 6.07 Å². The maximum Gasteiger partial charge on any atom is 0.236 e. The molecule has 0 unspecified atom stereocenters. The van der Waals surface area contributed by atoms with Gasteiger partial charge >= 0.3 is 0 Å². The van der Waals surface area contributed by atoms with Crippen molar-refractivity contribution in [3.05, 3.63) is 35.6 Å². The van der Waals surface area contributed by atoms with Crippen LogP contribution < -0.4 is 0 Å². The molecule has 1 heterocycles. The van der Waals surface area contributed by atoms with Gasteiger partial charge in [-0.3, -0.25) is 14.5 Å². The second kappa shape index (κ2) is 7.35. The number of halogens is 1. The zero-order chi connectivity index (χ0) is 18.1. The van der Waals surface area contributed by atoms with Crippen molar-refractivity contribution < 1.29 is 14.0 Å². The quantitative estimate of drug-likeness (QED) is 0.779. The van der Waals surface area contributed by atoms with Crippen LogP contribution >= 0.6 is 0 Å². The molecule has 1 aromatic carbocycles. The lowest BCUT2D eigenvalue weighted by atomic mass is 10.2. The third-order valence-corrected chi connectivity index (χ3v) is 5.60. The molecule has 5 nitrogen and oxygen atoms in total. The van der Waals surface area contributed by atoms with Crippen molar-refractivity contribution >= 4 is 11.8 Å². The fraction of sp³-hybridized carbons (Fsp3) is 0.600. The number of amides is 2. The monoisotopic (exact) mass is 359 g/mol. The van der Waals surface area contributed by atoms with Gasteiger partial charge in [-0.25, -0.2) is 4.39 Å². The maximum atomic E-state index is 14.0. The molecule has 0 aromatic heterocycles. The standard InChI is InChI=1S/C20H26FN3O2/c21-18-4-2-1-3-16(18)13-24(17-7-8-17)14-19(25)22-9-11-23(12-10-22)20(26)15-5-6-15/h1-4,15,17H,5-14H2. The predicted molar refractivity (Wildman–Crippen MR) is 95.7 cm³/mol. The molecule has 0 radical (unpaired) electrons. The molecular weight excluding hydrogens is 333 g/mol. The maximum absolute atomic E-state index is 14.0. The number of rotatable bonds is 6. The molecule has 2 amide bonds. The molecule has 2 saturated carbocycles. The van der Waals surface area contributed by atoms with E-state index in [1.807, 2.05) is 15.9 Å². The molecule has 1 aliphatic heterocycles. The van der Waals surface area contributed by atoms with Gasteiger partial charge in [-0.2, -0.15) is 0 Å². The van der Waals surface area contributed by atoms with E-state index >= 15 is 0 Å². The fourth-order valence-corrected chi connectivity index (χ4v) is 3.64. The number of hydrogen-bond donors (Lipinski definition) is 0. The minimum absolute atomic E-state index is 0.0896. The van der Waals surface area contributed by atoms with Crippen molar-refractivity contribution in [3.8, 4) is 0 Å². The van der Waals surface area contributed by atoms with Gasteiger partial charge < -0.3 is 9.80 Å². The fourth-order valence-electron chi connectivity index (χ4n) is 3.64. The second-order valence-electron chi connectivity index (χ2n) is 7.71. The third-order valence-electron chi connectivity index (χ3n) is 5.60. The first kappa shape index (κ1) is 17.5. The average Bonchev–Trinajstić information content (AvgIpc) is 3.55. The molecule has 3 fully saturated rings. The van der Waals surface area contributed by atoms with Gasteiger partial charge in [-0.15, -0.1) is 0 Å². The molecule has 0 N–H and O–H groups in total. The lowest BCUT2D eigenvalue weighted by Crippen LogP contribution is -2.53. The topological polar surface area (TPSA) is 43.9 Å². The van der Waals surface area contributed by atoms with Crippen LogP contribution in [0.15, 0.2) is 24.3 Å². The Morgan fingerprint density at radius 2 is 1.65 bits per heavy atom. The predicted octanol–water partition coefficient (Wildman–Crippen LogP) is 1.87. The Morgan fingerprint density at radius 1 is 1.00 bits per heavy atom. The molecule has 6 heteroatoms. The van der Waals surface area contributed by atoms with E-state index in [9.17, 15) is 14.0 Å². The van der Waals surface area contributed by atoms with Crippen LogP contribution in [0.3, 0.4) is 0 Å². The average molecular weight is 359 g/mol. The van der Waals surface area contributed by atoms with Crippen LogP contribution in [0.5, 0.6) is 0 Å². The Balaban J connectivity index is 1.31. The molecule has 1 saturated heterocycles. The summed E-state index contributed by atoms with van der Waals surface area (Å²) in [6.45, 7) is 3.29. The molecule has 140 valence electrons. The van der Waals surface area contributed by atoms with Crippen molar-refractivity contribution in [2.45, 2.75) is 38.3 Å². The van der Waals surface area contributed by atoms with Crippen LogP contribution in [0.1, 0.15) is 31.2 Å². The Hall–Kier alpha value is -1.95. The van der Waals surface area contributed by atoms with E-state index in [0.717, 1.165) is 25.7 Å². The number of hydrogen-bond acceptors (Lipinski definition) is 3. The molecular formula is C20H26FN3O2. The summed E-state index contributed by atoms with van der Waals surface area (Å²) < 4.78 is 14.0. The van der Waals surface area contributed by atoms with Crippen LogP contribution in [0, 0.1) is 11.7 Å². The number of carbonyl (C=O) groups is 2. The summed E-state index contributed by atoms with van der Waals surface area (Å²) >= 11 is 0. The van der Waals surface area contributed by atoms with E-state index in [2.05, 4.69) is 4.90 Å². The van der Waals surface area contributed by atoms with Crippen molar-refractivity contribution in [3.63, 3.8) is 0 Å². The summed E-state index contributed by atoms with van der Waals surface area (Å²) in [5.74, 6) is 0.379. The van der Waals surface area contributed by atoms with Gasteiger partial charge in [-0.05, 0) is 31.7 Å². The molecule has 3 aliphatic rings. The highest BCUT2D eigenvalue weighted by atomic mass is 19.1. The summed E-state index contributed by atoms with van der Waals surface area (Å²) in [7, 11) is 0. The number of benzene rings is 1. The van der Waals surface area contributed by atoms with Gasteiger partial charge in [0.25, 0.3) is 0 Å². The smallest absolute Gasteiger partial charge is 0.236 e. The summed E-state index contributed by atoms with van der Waals surface area (Å²) in [6.07, 6.45) is 4.19. The largest absolute Gasteiger partial charge is 0.339 e. The first-order valence-electron chi connectivity index (χ1n) is 9.66. The van der Waals surface area contributed by atoms with Crippen molar-refractivity contribution in [1.29, 1.82) is 0 Å². The van der Waals surface area contributed by atoms with E-state index in [-0.39, 0.29) is 23.5 Å². The van der Waals surface area contributed by atoms with E-state index in [4.69, 9.17) is 0 Å². The van der Waals surface area contributed by atoms with Crippen molar-refractivity contribution in [2.75, 3.05) is 32.7 Å². The van der Waals surface area contributed by atoms with E-state index in [0.29, 0.717) is 50.9 Å². The first-order chi connectivity index (χ1) is 12.6. The molecule has 1 aromatic rings. The Morgan fingerprint density at radius 3 is 2.27 bits per heavy atom. The normalized spacial score (nSPS) is 20.5. The second-order valence-corrected chi connectivity index (χ2v) is 7.71. The molecule has 0 atom stereocenters.